The fraction of sp³-hybridized carbons (Fsp3) is 0.882. The summed E-state index contributed by atoms with van der Waals surface area (Å²) in [6.07, 6.45) is 8.04. The van der Waals surface area contributed by atoms with E-state index >= 15 is 0 Å². The van der Waals surface area contributed by atoms with Crippen LogP contribution in [0, 0.1) is 5.92 Å². The molecule has 0 spiro atoms. The number of ether oxygens (including phenoxy) is 1. The summed E-state index contributed by atoms with van der Waals surface area (Å²) in [6, 6.07) is 0.190. The lowest BCUT2D eigenvalue weighted by Crippen LogP contribution is -2.40. The molecule has 0 bridgehead atoms. The third-order valence-corrected chi connectivity index (χ3v) is 4.49. The van der Waals surface area contributed by atoms with Crippen molar-refractivity contribution >= 4 is 11.9 Å². The van der Waals surface area contributed by atoms with E-state index in [0.717, 1.165) is 6.42 Å². The Morgan fingerprint density at radius 3 is 2.43 bits per heavy atom. The van der Waals surface area contributed by atoms with Crippen LogP contribution in [0.1, 0.15) is 72.1 Å². The van der Waals surface area contributed by atoms with Crippen LogP contribution in [0.3, 0.4) is 0 Å². The first-order valence-corrected chi connectivity index (χ1v) is 8.53. The van der Waals surface area contributed by atoms with E-state index in [1.165, 1.54) is 32.1 Å². The Kier molecular flexibility index (Phi) is 8.40. The molecule has 0 aliphatic heterocycles. The molecule has 21 heavy (non-hydrogen) atoms. The summed E-state index contributed by atoms with van der Waals surface area (Å²) < 4.78 is 4.96. The first kappa shape index (κ1) is 18.0. The molecule has 1 aliphatic rings. The third kappa shape index (κ3) is 6.49. The summed E-state index contributed by atoms with van der Waals surface area (Å²) in [5, 5.41) is 0. The van der Waals surface area contributed by atoms with Gasteiger partial charge in [-0.3, -0.25) is 9.59 Å². The van der Waals surface area contributed by atoms with E-state index in [0.29, 0.717) is 31.9 Å². The van der Waals surface area contributed by atoms with Gasteiger partial charge in [0.25, 0.3) is 0 Å². The number of esters is 1. The predicted octanol–water partition coefficient (Wildman–Crippen LogP) is 3.54. The number of hydrogen-bond donors (Lipinski definition) is 0. The molecule has 0 N–H and O–H groups in total. The van der Waals surface area contributed by atoms with Crippen LogP contribution in [0.15, 0.2) is 0 Å². The summed E-state index contributed by atoms with van der Waals surface area (Å²) in [6.45, 7) is 6.83. The van der Waals surface area contributed by atoms with E-state index in [4.69, 9.17) is 4.74 Å². The summed E-state index contributed by atoms with van der Waals surface area (Å²) in [7, 11) is 0. The summed E-state index contributed by atoms with van der Waals surface area (Å²) in [5.74, 6) is 0.539. The maximum absolute atomic E-state index is 12.6. The molecule has 4 heteroatoms. The minimum atomic E-state index is -0.212. The minimum Gasteiger partial charge on any atom is -0.466 e. The van der Waals surface area contributed by atoms with Crippen molar-refractivity contribution in [2.24, 2.45) is 5.92 Å². The molecule has 1 rings (SSSR count). The van der Waals surface area contributed by atoms with Crippen LogP contribution in [0.25, 0.3) is 0 Å². The van der Waals surface area contributed by atoms with Gasteiger partial charge in [0, 0.05) is 19.0 Å². The Labute approximate surface area is 129 Å². The number of rotatable bonds is 8. The predicted molar refractivity (Wildman–Crippen MR) is 83.9 cm³/mol. The molecule has 1 aliphatic carbocycles. The average molecular weight is 297 g/mol. The van der Waals surface area contributed by atoms with Gasteiger partial charge >= 0.3 is 5.97 Å². The van der Waals surface area contributed by atoms with E-state index in [1.807, 2.05) is 4.90 Å². The maximum Gasteiger partial charge on any atom is 0.307 e. The van der Waals surface area contributed by atoms with Gasteiger partial charge in [0.2, 0.25) is 5.91 Å². The van der Waals surface area contributed by atoms with Crippen molar-refractivity contribution in [2.45, 2.75) is 78.2 Å². The van der Waals surface area contributed by atoms with Gasteiger partial charge in [-0.2, -0.15) is 0 Å². The normalized spacial score (nSPS) is 17.3. The zero-order valence-corrected chi connectivity index (χ0v) is 13.9. The smallest absolute Gasteiger partial charge is 0.307 e. The van der Waals surface area contributed by atoms with Crippen molar-refractivity contribution in [1.29, 1.82) is 0 Å². The second-order valence-electron chi connectivity index (χ2n) is 6.11. The number of amides is 1. The standard InChI is InChI=1S/C17H31NO3/c1-4-14(3)18(12-11-17(20)21-5-2)16(19)13-15-9-7-6-8-10-15/h14-15H,4-13H2,1-3H3. The maximum atomic E-state index is 12.6. The quantitative estimate of drug-likeness (QED) is 0.644. The van der Waals surface area contributed by atoms with E-state index < -0.39 is 0 Å². The highest BCUT2D eigenvalue weighted by Gasteiger charge is 2.24. The lowest BCUT2D eigenvalue weighted by atomic mass is 9.86. The van der Waals surface area contributed by atoms with Gasteiger partial charge in [-0.05, 0) is 39.0 Å². The first-order valence-electron chi connectivity index (χ1n) is 8.53. The molecule has 0 heterocycles. The molecule has 0 radical (unpaired) electrons. The topological polar surface area (TPSA) is 46.6 Å². The van der Waals surface area contributed by atoms with Crippen LogP contribution in [-0.2, 0) is 14.3 Å². The molecule has 0 aromatic heterocycles. The number of carbonyl (C=O) groups is 2. The summed E-state index contributed by atoms with van der Waals surface area (Å²) >= 11 is 0. The highest BCUT2D eigenvalue weighted by molar-refractivity contribution is 5.77. The van der Waals surface area contributed by atoms with Crippen molar-refractivity contribution in [3.8, 4) is 0 Å². The van der Waals surface area contributed by atoms with Crippen molar-refractivity contribution in [3.05, 3.63) is 0 Å². The lowest BCUT2D eigenvalue weighted by Gasteiger charge is -2.31. The molecule has 1 unspecified atom stereocenters. The van der Waals surface area contributed by atoms with E-state index in [2.05, 4.69) is 13.8 Å². The number of hydrogen-bond acceptors (Lipinski definition) is 3. The first-order chi connectivity index (χ1) is 10.1. The Morgan fingerprint density at radius 2 is 1.86 bits per heavy atom. The van der Waals surface area contributed by atoms with Gasteiger partial charge in [0.15, 0.2) is 0 Å². The zero-order chi connectivity index (χ0) is 15.7. The van der Waals surface area contributed by atoms with Gasteiger partial charge in [0.05, 0.1) is 13.0 Å². The third-order valence-electron chi connectivity index (χ3n) is 4.49. The molecule has 0 saturated heterocycles. The Hall–Kier alpha value is -1.06. The minimum absolute atomic E-state index is 0.190. The van der Waals surface area contributed by atoms with Crippen molar-refractivity contribution in [1.82, 2.24) is 4.90 Å². The SMILES string of the molecule is CCOC(=O)CCN(C(=O)CC1CCCCC1)C(C)CC. The van der Waals surface area contributed by atoms with Crippen LogP contribution >= 0.6 is 0 Å². The molecular formula is C17H31NO3. The van der Waals surface area contributed by atoms with E-state index in [9.17, 15) is 9.59 Å². The van der Waals surface area contributed by atoms with Gasteiger partial charge in [-0.1, -0.05) is 26.2 Å². The molecular weight excluding hydrogens is 266 g/mol. The molecule has 0 aromatic carbocycles. The van der Waals surface area contributed by atoms with Gasteiger partial charge in [-0.15, -0.1) is 0 Å². The van der Waals surface area contributed by atoms with E-state index in [-0.39, 0.29) is 17.9 Å². The zero-order valence-electron chi connectivity index (χ0n) is 13.9. The van der Waals surface area contributed by atoms with Crippen LogP contribution < -0.4 is 0 Å². The van der Waals surface area contributed by atoms with Crippen molar-refractivity contribution in [3.63, 3.8) is 0 Å². The lowest BCUT2D eigenvalue weighted by molar-refractivity contribution is -0.144. The Bertz CT molecular complexity index is 324. The fourth-order valence-electron chi connectivity index (χ4n) is 3.01. The highest BCUT2D eigenvalue weighted by Crippen LogP contribution is 2.27. The highest BCUT2D eigenvalue weighted by atomic mass is 16.5. The molecule has 1 atom stereocenters. The number of carbonyl (C=O) groups excluding carboxylic acids is 2. The molecule has 0 aromatic rings. The Balaban J connectivity index is 2.50. The van der Waals surface area contributed by atoms with Gasteiger partial charge in [-0.25, -0.2) is 0 Å². The number of nitrogens with zero attached hydrogens (tertiary/aromatic N) is 1. The van der Waals surface area contributed by atoms with Gasteiger partial charge in [0.1, 0.15) is 0 Å². The Morgan fingerprint density at radius 1 is 1.19 bits per heavy atom. The second kappa shape index (κ2) is 9.80. The summed E-state index contributed by atoms with van der Waals surface area (Å²) in [5.41, 5.74) is 0. The van der Waals surface area contributed by atoms with Crippen LogP contribution in [-0.4, -0.2) is 36.0 Å². The molecule has 122 valence electrons. The molecule has 1 fully saturated rings. The second-order valence-corrected chi connectivity index (χ2v) is 6.11. The molecule has 1 amide bonds. The molecule has 4 nitrogen and oxygen atoms in total. The van der Waals surface area contributed by atoms with Crippen LogP contribution in [0.4, 0.5) is 0 Å². The van der Waals surface area contributed by atoms with Crippen molar-refractivity contribution in [2.75, 3.05) is 13.2 Å². The largest absolute Gasteiger partial charge is 0.466 e. The monoisotopic (exact) mass is 297 g/mol. The van der Waals surface area contributed by atoms with Crippen LogP contribution in [0.2, 0.25) is 0 Å². The van der Waals surface area contributed by atoms with Crippen molar-refractivity contribution < 1.29 is 14.3 Å². The molecule has 1 saturated carbocycles. The average Bonchev–Trinajstić information content (AvgIpc) is 2.48. The van der Waals surface area contributed by atoms with Crippen LogP contribution in [0.5, 0.6) is 0 Å². The van der Waals surface area contributed by atoms with E-state index in [1.54, 1.807) is 6.92 Å². The fourth-order valence-corrected chi connectivity index (χ4v) is 3.01. The van der Waals surface area contributed by atoms with Gasteiger partial charge < -0.3 is 9.64 Å². The summed E-state index contributed by atoms with van der Waals surface area (Å²) in [4.78, 5) is 25.9.